The number of aromatic nitrogens is 3. The van der Waals surface area contributed by atoms with E-state index in [2.05, 4.69) is 20.7 Å². The number of carbonyl (C=O) groups is 2. The zero-order valence-electron chi connectivity index (χ0n) is 17.5. The number of anilines is 1. The number of hydrogen-bond acceptors (Lipinski definition) is 6. The molecule has 0 aliphatic rings. The molecule has 2 amide bonds. The van der Waals surface area contributed by atoms with E-state index in [0.29, 0.717) is 32.1 Å². The minimum Gasteiger partial charge on any atom is -0.342 e. The predicted molar refractivity (Wildman–Crippen MR) is 133 cm³/mol. The van der Waals surface area contributed by atoms with Gasteiger partial charge in [-0.1, -0.05) is 59.3 Å². The van der Waals surface area contributed by atoms with Crippen LogP contribution in [0.3, 0.4) is 0 Å². The van der Waals surface area contributed by atoms with Gasteiger partial charge in [0, 0.05) is 10.4 Å². The number of para-hydroxylation sites is 1. The Morgan fingerprint density at radius 3 is 2.50 bits per heavy atom. The number of fused-ring (bicyclic) bond motifs is 2. The van der Waals surface area contributed by atoms with Crippen LogP contribution in [0.15, 0.2) is 77.6 Å². The largest absolute Gasteiger partial charge is 0.342 e. The van der Waals surface area contributed by atoms with Crippen LogP contribution in [0.2, 0.25) is 5.02 Å². The van der Waals surface area contributed by atoms with E-state index in [9.17, 15) is 14.4 Å². The van der Waals surface area contributed by atoms with Gasteiger partial charge in [-0.2, -0.15) is 9.78 Å². The molecular weight excluding hydrogens is 474 g/mol. The molecule has 2 N–H and O–H groups in total. The van der Waals surface area contributed by atoms with E-state index in [1.807, 2.05) is 6.07 Å². The standard InChI is InChI=1S/C24H16ClN5O3S/c25-14-10-11-18-19(12-14)34-24(27-18)28-20(31)13-26-22(32)21-16-8-4-5-9-17(16)23(33)30(29-21)15-6-2-1-3-7-15/h1-12H,13H2,(H,26,32)(H,27,28,31). The zero-order valence-corrected chi connectivity index (χ0v) is 19.1. The van der Waals surface area contributed by atoms with Crippen molar-refractivity contribution >= 4 is 60.9 Å². The number of nitrogens with one attached hydrogen (secondary N) is 2. The SMILES string of the molecule is O=C(CNC(=O)c1nn(-c2ccccc2)c(=O)c2ccccc12)Nc1nc2ccc(Cl)cc2s1. The van der Waals surface area contributed by atoms with Gasteiger partial charge in [-0.3, -0.25) is 14.4 Å². The predicted octanol–water partition coefficient (Wildman–Crippen LogP) is 4.02. The number of benzene rings is 3. The summed E-state index contributed by atoms with van der Waals surface area (Å²) in [6.45, 7) is -0.296. The summed E-state index contributed by atoms with van der Waals surface area (Å²) in [5, 5.41) is 11.3. The van der Waals surface area contributed by atoms with Crippen LogP contribution >= 0.6 is 22.9 Å². The quantitative estimate of drug-likeness (QED) is 0.388. The van der Waals surface area contributed by atoms with Crippen LogP contribution in [0.1, 0.15) is 10.5 Å². The van der Waals surface area contributed by atoms with Crippen LogP contribution in [-0.4, -0.2) is 33.1 Å². The Hall–Kier alpha value is -4.08. The molecule has 168 valence electrons. The summed E-state index contributed by atoms with van der Waals surface area (Å²) in [7, 11) is 0. The van der Waals surface area contributed by atoms with Crippen molar-refractivity contribution in [3.63, 3.8) is 0 Å². The number of amides is 2. The van der Waals surface area contributed by atoms with Gasteiger partial charge in [0.05, 0.1) is 27.8 Å². The molecule has 0 spiro atoms. The summed E-state index contributed by atoms with van der Waals surface area (Å²) in [6, 6.07) is 20.8. The molecule has 0 fully saturated rings. The lowest BCUT2D eigenvalue weighted by atomic mass is 10.1. The lowest BCUT2D eigenvalue weighted by Gasteiger charge is -2.11. The number of carbonyl (C=O) groups excluding carboxylic acids is 2. The van der Waals surface area contributed by atoms with E-state index in [4.69, 9.17) is 11.6 Å². The minimum absolute atomic E-state index is 0.0430. The maximum atomic E-state index is 13.0. The van der Waals surface area contributed by atoms with Crippen molar-refractivity contribution in [2.75, 3.05) is 11.9 Å². The van der Waals surface area contributed by atoms with Crippen LogP contribution in [0, 0.1) is 0 Å². The van der Waals surface area contributed by atoms with Gasteiger partial charge in [-0.25, -0.2) is 4.98 Å². The Morgan fingerprint density at radius 2 is 1.71 bits per heavy atom. The van der Waals surface area contributed by atoms with E-state index < -0.39 is 11.8 Å². The first-order valence-corrected chi connectivity index (χ1v) is 11.4. The molecule has 5 aromatic rings. The average molecular weight is 490 g/mol. The van der Waals surface area contributed by atoms with E-state index in [1.165, 1.54) is 16.0 Å². The Balaban J connectivity index is 1.38. The van der Waals surface area contributed by atoms with Gasteiger partial charge in [-0.15, -0.1) is 0 Å². The van der Waals surface area contributed by atoms with Gasteiger partial charge >= 0.3 is 0 Å². The first-order valence-electron chi connectivity index (χ1n) is 10.2. The highest BCUT2D eigenvalue weighted by atomic mass is 35.5. The minimum atomic E-state index is -0.577. The van der Waals surface area contributed by atoms with Gasteiger partial charge in [0.1, 0.15) is 0 Å². The molecule has 34 heavy (non-hydrogen) atoms. The summed E-state index contributed by atoms with van der Waals surface area (Å²) >= 11 is 7.28. The van der Waals surface area contributed by atoms with Crippen LogP contribution in [0.4, 0.5) is 5.13 Å². The molecule has 0 radical (unpaired) electrons. The van der Waals surface area contributed by atoms with Crippen LogP contribution < -0.4 is 16.2 Å². The molecular formula is C24H16ClN5O3S. The molecule has 0 aliphatic heterocycles. The molecule has 10 heteroatoms. The molecule has 0 saturated heterocycles. The lowest BCUT2D eigenvalue weighted by Crippen LogP contribution is -2.35. The third-order valence-corrected chi connectivity index (χ3v) is 6.20. The fraction of sp³-hybridized carbons (Fsp3) is 0.0417. The third-order valence-electron chi connectivity index (χ3n) is 5.03. The molecule has 0 aliphatic carbocycles. The summed E-state index contributed by atoms with van der Waals surface area (Å²) in [5.74, 6) is -1.02. The zero-order chi connectivity index (χ0) is 23.7. The number of hydrogen-bond donors (Lipinski definition) is 2. The van der Waals surface area contributed by atoms with Crippen LogP contribution in [0.5, 0.6) is 0 Å². The van der Waals surface area contributed by atoms with Gasteiger partial charge < -0.3 is 10.6 Å². The van der Waals surface area contributed by atoms with E-state index in [-0.39, 0.29) is 17.8 Å². The first-order chi connectivity index (χ1) is 16.5. The summed E-state index contributed by atoms with van der Waals surface area (Å²) in [5.41, 5.74) is 0.946. The second kappa shape index (κ2) is 9.05. The molecule has 0 atom stereocenters. The Kier molecular flexibility index (Phi) is 5.79. The van der Waals surface area contributed by atoms with Gasteiger partial charge in [0.25, 0.3) is 11.5 Å². The normalized spacial score (nSPS) is 11.0. The average Bonchev–Trinajstić information content (AvgIpc) is 3.24. The molecule has 0 unspecified atom stereocenters. The molecule has 0 saturated carbocycles. The fourth-order valence-corrected chi connectivity index (χ4v) is 4.62. The molecule has 5 rings (SSSR count). The maximum Gasteiger partial charge on any atom is 0.279 e. The van der Waals surface area contributed by atoms with Gasteiger partial charge in [0.15, 0.2) is 10.8 Å². The molecule has 2 aromatic heterocycles. The van der Waals surface area contributed by atoms with Crippen LogP contribution in [0.25, 0.3) is 26.7 Å². The third kappa shape index (κ3) is 4.26. The molecule has 0 bridgehead atoms. The summed E-state index contributed by atoms with van der Waals surface area (Å²) < 4.78 is 2.02. The number of thiazole rings is 1. The van der Waals surface area contributed by atoms with E-state index in [1.54, 1.807) is 66.7 Å². The Morgan fingerprint density at radius 1 is 0.971 bits per heavy atom. The second-order valence-corrected chi connectivity index (χ2v) is 8.78. The van der Waals surface area contributed by atoms with Crippen molar-refractivity contribution in [2.24, 2.45) is 0 Å². The Bertz CT molecular complexity index is 1610. The molecule has 8 nitrogen and oxygen atoms in total. The number of halogens is 1. The van der Waals surface area contributed by atoms with Crippen molar-refractivity contribution in [3.05, 3.63) is 93.9 Å². The van der Waals surface area contributed by atoms with Gasteiger partial charge in [-0.05, 0) is 36.4 Å². The van der Waals surface area contributed by atoms with E-state index >= 15 is 0 Å². The maximum absolute atomic E-state index is 13.0. The monoisotopic (exact) mass is 489 g/mol. The highest BCUT2D eigenvalue weighted by molar-refractivity contribution is 7.22. The van der Waals surface area contributed by atoms with Crippen molar-refractivity contribution in [1.82, 2.24) is 20.1 Å². The van der Waals surface area contributed by atoms with Crippen molar-refractivity contribution in [2.45, 2.75) is 0 Å². The fourth-order valence-electron chi connectivity index (χ4n) is 3.46. The molecule has 3 aromatic carbocycles. The topological polar surface area (TPSA) is 106 Å². The Labute approximate surface area is 201 Å². The molecule has 2 heterocycles. The second-order valence-electron chi connectivity index (χ2n) is 7.31. The highest BCUT2D eigenvalue weighted by Crippen LogP contribution is 2.28. The summed E-state index contributed by atoms with van der Waals surface area (Å²) in [4.78, 5) is 42.7. The van der Waals surface area contributed by atoms with Crippen molar-refractivity contribution in [3.8, 4) is 5.69 Å². The number of rotatable bonds is 5. The smallest absolute Gasteiger partial charge is 0.279 e. The summed E-state index contributed by atoms with van der Waals surface area (Å²) in [6.07, 6.45) is 0. The van der Waals surface area contributed by atoms with Crippen molar-refractivity contribution < 1.29 is 9.59 Å². The van der Waals surface area contributed by atoms with Crippen LogP contribution in [-0.2, 0) is 4.79 Å². The van der Waals surface area contributed by atoms with Crippen molar-refractivity contribution in [1.29, 1.82) is 0 Å². The van der Waals surface area contributed by atoms with E-state index in [0.717, 1.165) is 4.70 Å². The highest BCUT2D eigenvalue weighted by Gasteiger charge is 2.18. The first kappa shape index (κ1) is 21.7. The number of nitrogens with zero attached hydrogens (tertiary/aromatic N) is 3. The van der Waals surface area contributed by atoms with Gasteiger partial charge in [0.2, 0.25) is 5.91 Å². The lowest BCUT2D eigenvalue weighted by molar-refractivity contribution is -0.115.